The smallest absolute Gasteiger partial charge is 0.339 e. The number of unbranched alkanes of at least 4 members (excludes halogenated alkanes) is 13. The third kappa shape index (κ3) is 11.8. The molecule has 0 aliphatic carbocycles. The second-order valence-corrected chi connectivity index (χ2v) is 7.62. The number of carboxylic acid groups (broad SMARTS) is 1. The molecule has 158 valence electrons. The number of carbonyl (C=O) groups excluding carboxylic acids is 1. The molecule has 28 heavy (non-hydrogen) atoms. The molecule has 1 aromatic carbocycles. The third-order valence-electron chi connectivity index (χ3n) is 5.08. The molecule has 1 N–H and O–H groups in total. The van der Waals surface area contributed by atoms with Gasteiger partial charge in [-0.15, -0.1) is 0 Å². The van der Waals surface area contributed by atoms with Crippen LogP contribution in [0.25, 0.3) is 0 Å². The van der Waals surface area contributed by atoms with Crippen LogP contribution >= 0.6 is 0 Å². The number of hydrogen-bond acceptors (Lipinski definition) is 3. The number of rotatable bonds is 17. The summed E-state index contributed by atoms with van der Waals surface area (Å²) in [5, 5.41) is 9.10. The Hall–Kier alpha value is -1.84. The van der Waals surface area contributed by atoms with E-state index < -0.39 is 5.97 Å². The van der Waals surface area contributed by atoms with Crippen LogP contribution in [0.2, 0.25) is 0 Å². The summed E-state index contributed by atoms with van der Waals surface area (Å²) in [7, 11) is 0. The zero-order valence-electron chi connectivity index (χ0n) is 17.6. The number of para-hydroxylation sites is 1. The van der Waals surface area contributed by atoms with Crippen molar-refractivity contribution in [1.29, 1.82) is 0 Å². The van der Waals surface area contributed by atoms with Gasteiger partial charge in [-0.05, 0) is 18.6 Å². The zero-order chi connectivity index (χ0) is 20.5. The Kier molecular flexibility index (Phi) is 14.0. The number of aromatic carboxylic acids is 1. The Morgan fingerprint density at radius 2 is 1.21 bits per heavy atom. The fourth-order valence-electron chi connectivity index (χ4n) is 3.37. The molecule has 0 heterocycles. The van der Waals surface area contributed by atoms with Crippen LogP contribution in [-0.2, 0) is 4.79 Å². The second-order valence-electron chi connectivity index (χ2n) is 7.62. The van der Waals surface area contributed by atoms with Crippen LogP contribution in [0.3, 0.4) is 0 Å². The van der Waals surface area contributed by atoms with E-state index >= 15 is 0 Å². The van der Waals surface area contributed by atoms with Crippen LogP contribution in [0.15, 0.2) is 24.3 Å². The average Bonchev–Trinajstić information content (AvgIpc) is 2.68. The lowest BCUT2D eigenvalue weighted by molar-refractivity contribution is -0.134. The van der Waals surface area contributed by atoms with Crippen molar-refractivity contribution in [2.24, 2.45) is 0 Å². The molecule has 0 bridgehead atoms. The minimum Gasteiger partial charge on any atom is -0.478 e. The minimum atomic E-state index is -1.08. The molecule has 0 fully saturated rings. The molecule has 0 saturated heterocycles. The predicted octanol–water partition coefficient (Wildman–Crippen LogP) is 7.16. The van der Waals surface area contributed by atoms with Crippen molar-refractivity contribution in [2.75, 3.05) is 0 Å². The summed E-state index contributed by atoms with van der Waals surface area (Å²) in [6, 6.07) is 6.25. The van der Waals surface area contributed by atoms with Gasteiger partial charge in [-0.3, -0.25) is 4.79 Å². The first kappa shape index (κ1) is 24.2. The Balaban J connectivity index is 1.95. The van der Waals surface area contributed by atoms with E-state index in [0.29, 0.717) is 6.42 Å². The van der Waals surface area contributed by atoms with Gasteiger partial charge in [0.2, 0.25) is 0 Å². The Bertz CT molecular complexity index is 553. The van der Waals surface area contributed by atoms with Gasteiger partial charge in [-0.25, -0.2) is 4.79 Å². The van der Waals surface area contributed by atoms with Gasteiger partial charge in [0.15, 0.2) is 0 Å². The molecule has 0 spiro atoms. The van der Waals surface area contributed by atoms with Crippen molar-refractivity contribution >= 4 is 11.9 Å². The Morgan fingerprint density at radius 3 is 1.71 bits per heavy atom. The molecule has 0 unspecified atom stereocenters. The molecule has 4 nitrogen and oxygen atoms in total. The third-order valence-corrected chi connectivity index (χ3v) is 5.08. The van der Waals surface area contributed by atoms with E-state index in [1.165, 1.54) is 82.8 Å². The number of ether oxygens (including phenoxy) is 1. The zero-order valence-corrected chi connectivity index (χ0v) is 17.6. The van der Waals surface area contributed by atoms with E-state index in [1.54, 1.807) is 12.1 Å². The van der Waals surface area contributed by atoms with E-state index in [9.17, 15) is 9.59 Å². The summed E-state index contributed by atoms with van der Waals surface area (Å²) in [5.74, 6) is -1.31. The molecule has 0 amide bonds. The second kappa shape index (κ2) is 16.1. The SMILES string of the molecule is CCCCCCCCCCCCCCCCC(=O)Oc1ccccc1C(=O)O. The topological polar surface area (TPSA) is 63.6 Å². The van der Waals surface area contributed by atoms with E-state index in [-0.39, 0.29) is 17.3 Å². The van der Waals surface area contributed by atoms with E-state index in [2.05, 4.69) is 6.92 Å². The summed E-state index contributed by atoms with van der Waals surface area (Å²) in [4.78, 5) is 23.0. The quantitative estimate of drug-likeness (QED) is 0.174. The van der Waals surface area contributed by atoms with Crippen LogP contribution < -0.4 is 4.74 Å². The number of hydrogen-bond donors (Lipinski definition) is 1. The molecular weight excluding hydrogens is 352 g/mol. The molecule has 0 aromatic heterocycles. The van der Waals surface area contributed by atoms with Crippen LogP contribution in [0.1, 0.15) is 114 Å². The van der Waals surface area contributed by atoms with Gasteiger partial charge >= 0.3 is 11.9 Å². The van der Waals surface area contributed by atoms with E-state index in [1.807, 2.05) is 0 Å². The highest BCUT2D eigenvalue weighted by Crippen LogP contribution is 2.19. The summed E-state index contributed by atoms with van der Waals surface area (Å²) in [6.07, 6.45) is 18.1. The first-order valence-electron chi connectivity index (χ1n) is 11.2. The van der Waals surface area contributed by atoms with Gasteiger partial charge in [-0.1, -0.05) is 103 Å². The normalized spacial score (nSPS) is 10.8. The Labute approximate surface area is 170 Å². The van der Waals surface area contributed by atoms with E-state index in [4.69, 9.17) is 9.84 Å². The van der Waals surface area contributed by atoms with Crippen molar-refractivity contribution in [3.05, 3.63) is 29.8 Å². The maximum atomic E-state index is 11.9. The first-order chi connectivity index (χ1) is 13.6. The number of carbonyl (C=O) groups is 2. The number of benzene rings is 1. The standard InChI is InChI=1S/C24H38O4/c1-2-3-4-5-6-7-8-9-10-11-12-13-14-15-20-23(25)28-22-19-17-16-18-21(22)24(26)27/h16-19H,2-15,20H2,1H3,(H,26,27). The summed E-state index contributed by atoms with van der Waals surface area (Å²) in [6.45, 7) is 2.26. The van der Waals surface area contributed by atoms with Gasteiger partial charge in [0.1, 0.15) is 11.3 Å². The largest absolute Gasteiger partial charge is 0.478 e. The van der Waals surface area contributed by atoms with Crippen molar-refractivity contribution in [2.45, 2.75) is 103 Å². The fraction of sp³-hybridized carbons (Fsp3) is 0.667. The minimum absolute atomic E-state index is 0.0248. The predicted molar refractivity (Wildman–Crippen MR) is 114 cm³/mol. The highest BCUT2D eigenvalue weighted by Gasteiger charge is 2.13. The Morgan fingerprint density at radius 1 is 0.750 bits per heavy atom. The molecule has 1 rings (SSSR count). The van der Waals surface area contributed by atoms with Crippen LogP contribution in [0, 0.1) is 0 Å². The molecule has 0 saturated carbocycles. The van der Waals surface area contributed by atoms with Gasteiger partial charge in [0.05, 0.1) is 0 Å². The molecule has 0 radical (unpaired) electrons. The molecule has 1 aromatic rings. The van der Waals surface area contributed by atoms with Crippen LogP contribution in [0.4, 0.5) is 0 Å². The van der Waals surface area contributed by atoms with Crippen molar-refractivity contribution in [3.63, 3.8) is 0 Å². The first-order valence-corrected chi connectivity index (χ1v) is 11.2. The van der Waals surface area contributed by atoms with Gasteiger partial charge in [-0.2, -0.15) is 0 Å². The lowest BCUT2D eigenvalue weighted by Gasteiger charge is -2.07. The van der Waals surface area contributed by atoms with Crippen molar-refractivity contribution in [3.8, 4) is 5.75 Å². The molecular formula is C24H38O4. The number of carboxylic acids is 1. The van der Waals surface area contributed by atoms with Crippen LogP contribution in [0.5, 0.6) is 5.75 Å². The van der Waals surface area contributed by atoms with Gasteiger partial charge in [0, 0.05) is 6.42 Å². The van der Waals surface area contributed by atoms with Crippen LogP contribution in [-0.4, -0.2) is 17.0 Å². The summed E-state index contributed by atoms with van der Waals surface area (Å²) in [5.41, 5.74) is 0.0248. The van der Waals surface area contributed by atoms with Gasteiger partial charge < -0.3 is 9.84 Å². The van der Waals surface area contributed by atoms with Gasteiger partial charge in [0.25, 0.3) is 0 Å². The lowest BCUT2D eigenvalue weighted by Crippen LogP contribution is -2.10. The summed E-state index contributed by atoms with van der Waals surface area (Å²) >= 11 is 0. The highest BCUT2D eigenvalue weighted by molar-refractivity contribution is 5.91. The van der Waals surface area contributed by atoms with Crippen molar-refractivity contribution in [1.82, 2.24) is 0 Å². The molecule has 4 heteroatoms. The monoisotopic (exact) mass is 390 g/mol. The molecule has 0 aliphatic rings. The maximum absolute atomic E-state index is 11.9. The fourth-order valence-corrected chi connectivity index (χ4v) is 3.37. The maximum Gasteiger partial charge on any atom is 0.339 e. The van der Waals surface area contributed by atoms with E-state index in [0.717, 1.165) is 19.3 Å². The summed E-state index contributed by atoms with van der Waals surface area (Å²) < 4.78 is 5.20. The lowest BCUT2D eigenvalue weighted by atomic mass is 10.0. The number of esters is 1. The average molecular weight is 391 g/mol. The molecule has 0 atom stereocenters. The van der Waals surface area contributed by atoms with Crippen molar-refractivity contribution < 1.29 is 19.4 Å². The highest BCUT2D eigenvalue weighted by atomic mass is 16.5. The molecule has 0 aliphatic heterocycles.